The Kier molecular flexibility index (Phi) is 5.43. The number of hydrogen-bond donors (Lipinski definition) is 2. The first-order chi connectivity index (χ1) is 11.6. The van der Waals surface area contributed by atoms with Crippen molar-refractivity contribution < 1.29 is 23.1 Å². The topological polar surface area (TPSA) is 92.7 Å². The Hall–Kier alpha value is -2.06. The average Bonchev–Trinajstić information content (AvgIpc) is 3.06. The van der Waals surface area contributed by atoms with E-state index < -0.39 is 16.0 Å². The van der Waals surface area contributed by atoms with Crippen LogP contribution in [-0.4, -0.2) is 26.6 Å². The van der Waals surface area contributed by atoms with Gasteiger partial charge in [0.1, 0.15) is 15.5 Å². The van der Waals surface area contributed by atoms with Crippen LogP contribution in [0.4, 0.5) is 5.69 Å². The fraction of sp³-hybridized carbons (Fsp3) is 0.353. The van der Waals surface area contributed by atoms with E-state index in [0.717, 1.165) is 23.3 Å². The van der Waals surface area contributed by atoms with E-state index in [0.29, 0.717) is 0 Å². The average molecular weight is 383 g/mol. The normalized spacial score (nSPS) is 12.0. The number of esters is 1. The van der Waals surface area contributed by atoms with Gasteiger partial charge in [0, 0.05) is 0 Å². The van der Waals surface area contributed by atoms with Gasteiger partial charge >= 0.3 is 5.97 Å². The fourth-order valence-electron chi connectivity index (χ4n) is 2.19. The lowest BCUT2D eigenvalue weighted by Crippen LogP contribution is -2.18. The number of thiophene rings is 1. The van der Waals surface area contributed by atoms with E-state index >= 15 is 0 Å². The van der Waals surface area contributed by atoms with Gasteiger partial charge in [-0.3, -0.25) is 4.72 Å². The molecule has 1 heterocycles. The standard InChI is InChI=1S/C17H21NO5S2/c1-5-17(2,3)11-6-7-13(19)12(10-11)18-25(21,22)14-8-9-24-15(14)16(20)23-4/h6-10,18-19H,5H2,1-4H3. The number of methoxy groups -OCH3 is 1. The molecular weight excluding hydrogens is 362 g/mol. The van der Waals surface area contributed by atoms with Gasteiger partial charge < -0.3 is 9.84 Å². The van der Waals surface area contributed by atoms with Gasteiger partial charge in [0.05, 0.1) is 12.8 Å². The number of ether oxygens (including phenoxy) is 1. The Morgan fingerprint density at radius 3 is 2.60 bits per heavy atom. The SMILES string of the molecule is CCC(C)(C)c1ccc(O)c(NS(=O)(=O)c2ccsc2C(=O)OC)c1. The van der Waals surface area contributed by atoms with Crippen molar-refractivity contribution in [3.63, 3.8) is 0 Å². The number of benzene rings is 1. The molecule has 6 nitrogen and oxygen atoms in total. The molecule has 1 aromatic heterocycles. The van der Waals surface area contributed by atoms with E-state index in [4.69, 9.17) is 0 Å². The van der Waals surface area contributed by atoms with Crippen molar-refractivity contribution in [3.05, 3.63) is 40.1 Å². The quantitative estimate of drug-likeness (QED) is 0.586. The van der Waals surface area contributed by atoms with Gasteiger partial charge in [-0.15, -0.1) is 11.3 Å². The molecule has 1 aromatic carbocycles. The molecule has 0 saturated carbocycles. The fourth-order valence-corrected chi connectivity index (χ4v) is 4.59. The predicted molar refractivity (Wildman–Crippen MR) is 97.9 cm³/mol. The molecule has 2 aromatic rings. The van der Waals surface area contributed by atoms with Crippen molar-refractivity contribution in [1.82, 2.24) is 0 Å². The molecule has 0 bridgehead atoms. The molecule has 136 valence electrons. The Bertz CT molecular complexity index is 884. The van der Waals surface area contributed by atoms with Crippen molar-refractivity contribution in [2.45, 2.75) is 37.5 Å². The first-order valence-electron chi connectivity index (χ1n) is 7.64. The lowest BCUT2D eigenvalue weighted by molar-refractivity contribution is 0.0602. The number of phenols is 1. The number of rotatable bonds is 6. The molecule has 0 unspecified atom stereocenters. The van der Waals surface area contributed by atoms with E-state index in [-0.39, 0.29) is 26.6 Å². The van der Waals surface area contributed by atoms with Crippen LogP contribution in [0.15, 0.2) is 34.5 Å². The van der Waals surface area contributed by atoms with Crippen LogP contribution in [-0.2, 0) is 20.2 Å². The summed E-state index contributed by atoms with van der Waals surface area (Å²) in [7, 11) is -2.86. The predicted octanol–water partition coefficient (Wildman–Crippen LogP) is 3.73. The summed E-state index contributed by atoms with van der Waals surface area (Å²) in [6.45, 7) is 6.10. The van der Waals surface area contributed by atoms with Gasteiger partial charge in [0.15, 0.2) is 0 Å². The summed E-state index contributed by atoms with van der Waals surface area (Å²) >= 11 is 0.979. The first kappa shape index (κ1) is 19.3. The van der Waals surface area contributed by atoms with Crippen LogP contribution in [0.5, 0.6) is 5.75 Å². The molecular formula is C17H21NO5S2. The number of nitrogens with one attached hydrogen (secondary N) is 1. The summed E-state index contributed by atoms with van der Waals surface area (Å²) in [5, 5.41) is 11.5. The Morgan fingerprint density at radius 2 is 2.00 bits per heavy atom. The third-order valence-corrected chi connectivity index (χ3v) is 6.63. The second-order valence-corrected chi connectivity index (χ2v) is 8.75. The Labute approximate surface area is 151 Å². The highest BCUT2D eigenvalue weighted by molar-refractivity contribution is 7.93. The molecule has 0 amide bonds. The van der Waals surface area contributed by atoms with Crippen LogP contribution in [0.2, 0.25) is 0 Å². The van der Waals surface area contributed by atoms with Crippen LogP contribution >= 0.6 is 11.3 Å². The zero-order valence-corrected chi connectivity index (χ0v) is 16.1. The second-order valence-electron chi connectivity index (χ2n) is 6.18. The molecule has 25 heavy (non-hydrogen) atoms. The summed E-state index contributed by atoms with van der Waals surface area (Å²) in [5.74, 6) is -0.908. The molecule has 2 rings (SSSR count). The molecule has 0 aliphatic heterocycles. The number of phenolic OH excluding ortho intramolecular Hbond substituents is 1. The number of carbonyl (C=O) groups excluding carboxylic acids is 1. The Balaban J connectivity index is 2.44. The molecule has 0 fully saturated rings. The minimum Gasteiger partial charge on any atom is -0.506 e. The van der Waals surface area contributed by atoms with E-state index in [2.05, 4.69) is 9.46 Å². The zero-order valence-electron chi connectivity index (χ0n) is 14.5. The van der Waals surface area contributed by atoms with E-state index in [1.165, 1.54) is 24.6 Å². The van der Waals surface area contributed by atoms with E-state index in [9.17, 15) is 18.3 Å². The molecule has 0 saturated heterocycles. The maximum atomic E-state index is 12.7. The third kappa shape index (κ3) is 3.96. The largest absolute Gasteiger partial charge is 0.506 e. The summed E-state index contributed by atoms with van der Waals surface area (Å²) in [5.41, 5.74) is 0.790. The van der Waals surface area contributed by atoms with Crippen LogP contribution < -0.4 is 4.72 Å². The van der Waals surface area contributed by atoms with Gasteiger partial charge in [0.25, 0.3) is 10.0 Å². The second kappa shape index (κ2) is 7.05. The smallest absolute Gasteiger partial charge is 0.349 e. The summed E-state index contributed by atoms with van der Waals surface area (Å²) in [6, 6.07) is 6.16. The lowest BCUT2D eigenvalue weighted by atomic mass is 9.82. The van der Waals surface area contributed by atoms with E-state index in [1.54, 1.807) is 12.1 Å². The number of sulfonamides is 1. The highest BCUT2D eigenvalue weighted by Crippen LogP contribution is 2.34. The summed E-state index contributed by atoms with van der Waals surface area (Å²) in [6.07, 6.45) is 0.848. The summed E-state index contributed by atoms with van der Waals surface area (Å²) in [4.78, 5) is 11.5. The highest BCUT2D eigenvalue weighted by Gasteiger charge is 2.26. The molecule has 0 spiro atoms. The molecule has 2 N–H and O–H groups in total. The monoisotopic (exact) mass is 383 g/mol. The number of aromatic hydroxyl groups is 1. The van der Waals surface area contributed by atoms with Crippen molar-refractivity contribution in [1.29, 1.82) is 0 Å². The highest BCUT2D eigenvalue weighted by atomic mass is 32.2. The Morgan fingerprint density at radius 1 is 1.32 bits per heavy atom. The number of carbonyl (C=O) groups is 1. The van der Waals surface area contributed by atoms with Crippen molar-refractivity contribution in [3.8, 4) is 5.75 Å². The lowest BCUT2D eigenvalue weighted by Gasteiger charge is -2.24. The minimum absolute atomic E-state index is 0.0143. The first-order valence-corrected chi connectivity index (χ1v) is 10.0. The van der Waals surface area contributed by atoms with Gasteiger partial charge in [-0.25, -0.2) is 13.2 Å². The van der Waals surface area contributed by atoms with Crippen LogP contribution in [0, 0.1) is 0 Å². The van der Waals surface area contributed by atoms with Gasteiger partial charge in [-0.2, -0.15) is 0 Å². The molecule has 0 aliphatic carbocycles. The van der Waals surface area contributed by atoms with Crippen molar-refractivity contribution >= 4 is 33.0 Å². The van der Waals surface area contributed by atoms with Crippen molar-refractivity contribution in [2.24, 2.45) is 0 Å². The number of anilines is 1. The molecule has 0 atom stereocenters. The third-order valence-electron chi connectivity index (χ3n) is 4.20. The van der Waals surface area contributed by atoms with Crippen LogP contribution in [0.3, 0.4) is 0 Å². The zero-order chi connectivity index (χ0) is 18.8. The van der Waals surface area contributed by atoms with E-state index in [1.807, 2.05) is 20.8 Å². The number of hydrogen-bond acceptors (Lipinski definition) is 6. The van der Waals surface area contributed by atoms with Gasteiger partial charge in [0.2, 0.25) is 0 Å². The van der Waals surface area contributed by atoms with Crippen LogP contribution in [0.1, 0.15) is 42.4 Å². The molecule has 0 aliphatic rings. The van der Waals surface area contributed by atoms with Gasteiger partial charge in [-0.05, 0) is 41.0 Å². The van der Waals surface area contributed by atoms with Crippen LogP contribution in [0.25, 0.3) is 0 Å². The molecule has 0 radical (unpaired) electrons. The van der Waals surface area contributed by atoms with Gasteiger partial charge in [-0.1, -0.05) is 26.8 Å². The maximum Gasteiger partial charge on any atom is 0.349 e. The maximum absolute atomic E-state index is 12.7. The summed E-state index contributed by atoms with van der Waals surface area (Å²) < 4.78 is 32.3. The van der Waals surface area contributed by atoms with Crippen molar-refractivity contribution in [2.75, 3.05) is 11.8 Å². The molecule has 8 heteroatoms. The minimum atomic E-state index is -4.05.